The van der Waals surface area contributed by atoms with E-state index in [0.29, 0.717) is 4.88 Å². The van der Waals surface area contributed by atoms with Gasteiger partial charge in [0.1, 0.15) is 0 Å². The smallest absolute Gasteiger partial charge is 0.155 e. The molecule has 0 radical (unpaired) electrons. The molecule has 4 heteroatoms. The lowest BCUT2D eigenvalue weighted by Crippen LogP contribution is -2.25. The van der Waals surface area contributed by atoms with Crippen LogP contribution in [-0.2, 0) is 5.67 Å². The monoisotopic (exact) mass is 237 g/mol. The van der Waals surface area contributed by atoms with Crippen molar-refractivity contribution >= 4 is 27.3 Å². The quantitative estimate of drug-likeness (QED) is 0.842. The Kier molecular flexibility index (Phi) is 2.67. The van der Waals surface area contributed by atoms with Crippen molar-refractivity contribution in [1.82, 2.24) is 0 Å². The average molecular weight is 238 g/mol. The van der Waals surface area contributed by atoms with Crippen LogP contribution >= 0.6 is 27.3 Å². The molecule has 0 saturated carbocycles. The first kappa shape index (κ1) is 9.16. The Morgan fingerprint density at radius 1 is 1.82 bits per heavy atom. The number of hydrogen-bond donors (Lipinski definition) is 1. The van der Waals surface area contributed by atoms with Gasteiger partial charge >= 0.3 is 0 Å². The van der Waals surface area contributed by atoms with E-state index in [-0.39, 0.29) is 6.54 Å². The third kappa shape index (κ3) is 1.80. The molecular weight excluding hydrogens is 229 g/mol. The van der Waals surface area contributed by atoms with Crippen LogP contribution in [0.4, 0.5) is 4.39 Å². The summed E-state index contributed by atoms with van der Waals surface area (Å²) in [5.74, 6) is 0. The first-order valence-corrected chi connectivity index (χ1v) is 4.87. The molecule has 1 aromatic heterocycles. The second-order valence-corrected chi connectivity index (χ2v) is 4.27. The van der Waals surface area contributed by atoms with Crippen molar-refractivity contribution in [3.05, 3.63) is 20.8 Å². The summed E-state index contributed by atoms with van der Waals surface area (Å²) in [5, 5.41) is 1.84. The van der Waals surface area contributed by atoms with Gasteiger partial charge in [0.15, 0.2) is 5.67 Å². The van der Waals surface area contributed by atoms with E-state index in [1.54, 1.807) is 0 Å². The lowest BCUT2D eigenvalue weighted by molar-refractivity contribution is 0.208. The predicted octanol–water partition coefficient (Wildman–Crippen LogP) is 2.65. The zero-order valence-electron chi connectivity index (χ0n) is 6.10. The molecule has 11 heavy (non-hydrogen) atoms. The molecule has 0 spiro atoms. The third-order valence-electron chi connectivity index (χ3n) is 1.47. The summed E-state index contributed by atoms with van der Waals surface area (Å²) in [6.45, 7) is 1.51. The first-order valence-electron chi connectivity index (χ1n) is 3.20. The van der Waals surface area contributed by atoms with Gasteiger partial charge in [-0.05, 0) is 34.3 Å². The van der Waals surface area contributed by atoms with E-state index >= 15 is 0 Å². The fourth-order valence-electron chi connectivity index (χ4n) is 0.758. The number of alkyl halides is 1. The van der Waals surface area contributed by atoms with Crippen LogP contribution in [0, 0.1) is 0 Å². The van der Waals surface area contributed by atoms with Crippen molar-refractivity contribution in [2.45, 2.75) is 12.6 Å². The maximum atomic E-state index is 13.5. The topological polar surface area (TPSA) is 26.0 Å². The fourth-order valence-corrected chi connectivity index (χ4v) is 2.61. The zero-order chi connectivity index (χ0) is 8.48. The number of thiophene rings is 1. The lowest BCUT2D eigenvalue weighted by atomic mass is 10.1. The Bertz CT molecular complexity index is 246. The van der Waals surface area contributed by atoms with Gasteiger partial charge in [0, 0.05) is 11.0 Å². The highest BCUT2D eigenvalue weighted by Gasteiger charge is 2.27. The lowest BCUT2D eigenvalue weighted by Gasteiger charge is -2.16. The normalized spacial score (nSPS) is 16.4. The van der Waals surface area contributed by atoms with Gasteiger partial charge in [0.25, 0.3) is 0 Å². The second-order valence-electron chi connectivity index (χ2n) is 2.50. The molecule has 1 atom stereocenters. The van der Waals surface area contributed by atoms with E-state index in [1.165, 1.54) is 18.3 Å². The van der Waals surface area contributed by atoms with Crippen molar-refractivity contribution < 1.29 is 4.39 Å². The highest BCUT2D eigenvalue weighted by molar-refractivity contribution is 9.10. The minimum Gasteiger partial charge on any atom is -0.327 e. The molecule has 1 unspecified atom stereocenters. The molecule has 0 saturated heterocycles. The summed E-state index contributed by atoms with van der Waals surface area (Å²) < 4.78 is 14.3. The Balaban J connectivity index is 3.00. The van der Waals surface area contributed by atoms with E-state index in [0.717, 1.165) is 4.47 Å². The Labute approximate surface area is 77.5 Å². The number of hydrogen-bond acceptors (Lipinski definition) is 2. The van der Waals surface area contributed by atoms with E-state index in [1.807, 2.05) is 11.4 Å². The van der Waals surface area contributed by atoms with Gasteiger partial charge in [-0.3, -0.25) is 0 Å². The summed E-state index contributed by atoms with van der Waals surface area (Å²) in [5.41, 5.74) is 3.88. The van der Waals surface area contributed by atoms with Gasteiger partial charge in [0.2, 0.25) is 0 Å². The highest BCUT2D eigenvalue weighted by Crippen LogP contribution is 2.35. The van der Waals surface area contributed by atoms with Gasteiger partial charge in [-0.1, -0.05) is 0 Å². The van der Waals surface area contributed by atoms with Crippen LogP contribution in [-0.4, -0.2) is 6.54 Å². The van der Waals surface area contributed by atoms with Crippen LogP contribution in [0.1, 0.15) is 11.8 Å². The maximum Gasteiger partial charge on any atom is 0.155 e. The molecule has 1 aromatic rings. The van der Waals surface area contributed by atoms with Gasteiger partial charge in [-0.15, -0.1) is 11.3 Å². The third-order valence-corrected chi connectivity index (χ3v) is 3.55. The predicted molar refractivity (Wildman–Crippen MR) is 49.5 cm³/mol. The van der Waals surface area contributed by atoms with Crippen LogP contribution in [0.5, 0.6) is 0 Å². The van der Waals surface area contributed by atoms with Crippen molar-refractivity contribution in [1.29, 1.82) is 0 Å². The number of halogens is 2. The largest absolute Gasteiger partial charge is 0.327 e. The van der Waals surface area contributed by atoms with E-state index in [9.17, 15) is 4.39 Å². The molecular formula is C7H9BrFNS. The minimum absolute atomic E-state index is 0.0200. The molecule has 0 aromatic carbocycles. The molecule has 62 valence electrons. The highest BCUT2D eigenvalue weighted by atomic mass is 79.9. The summed E-state index contributed by atoms with van der Waals surface area (Å²) in [6.07, 6.45) is 0. The Morgan fingerprint density at radius 3 is 2.82 bits per heavy atom. The molecule has 1 nitrogen and oxygen atoms in total. The number of nitrogens with two attached hydrogens (primary N) is 1. The first-order chi connectivity index (χ1) is 5.08. The molecule has 0 amide bonds. The van der Waals surface area contributed by atoms with E-state index in [4.69, 9.17) is 5.73 Å². The SMILES string of the molecule is CC(F)(CN)c1sccc1Br. The summed E-state index contributed by atoms with van der Waals surface area (Å²) in [6, 6.07) is 1.83. The van der Waals surface area contributed by atoms with Gasteiger partial charge in [-0.2, -0.15) is 0 Å². The van der Waals surface area contributed by atoms with Gasteiger partial charge < -0.3 is 5.73 Å². The molecule has 0 bridgehead atoms. The Hall–Kier alpha value is 0.0700. The molecule has 1 heterocycles. The summed E-state index contributed by atoms with van der Waals surface area (Å²) >= 11 is 4.64. The van der Waals surface area contributed by atoms with Crippen molar-refractivity contribution in [2.24, 2.45) is 5.73 Å². The van der Waals surface area contributed by atoms with Gasteiger partial charge in [0.05, 0.1) is 4.88 Å². The maximum absolute atomic E-state index is 13.5. The Morgan fingerprint density at radius 2 is 2.45 bits per heavy atom. The molecule has 0 aliphatic rings. The van der Waals surface area contributed by atoms with E-state index in [2.05, 4.69) is 15.9 Å². The molecule has 2 N–H and O–H groups in total. The molecule has 0 aliphatic heterocycles. The fraction of sp³-hybridized carbons (Fsp3) is 0.429. The molecule has 0 fully saturated rings. The van der Waals surface area contributed by atoms with Crippen LogP contribution < -0.4 is 5.73 Å². The van der Waals surface area contributed by atoms with Crippen LogP contribution in [0.25, 0.3) is 0 Å². The van der Waals surface area contributed by atoms with E-state index < -0.39 is 5.67 Å². The van der Waals surface area contributed by atoms with Crippen molar-refractivity contribution in [2.75, 3.05) is 6.54 Å². The molecule has 0 aliphatic carbocycles. The van der Waals surface area contributed by atoms with Crippen LogP contribution in [0.2, 0.25) is 0 Å². The number of rotatable bonds is 2. The standard InChI is InChI=1S/C7H9BrFNS/c1-7(9,4-10)6-5(8)2-3-11-6/h2-3H,4,10H2,1H3. The van der Waals surface area contributed by atoms with Crippen LogP contribution in [0.15, 0.2) is 15.9 Å². The molecule has 1 rings (SSSR count). The second kappa shape index (κ2) is 3.21. The van der Waals surface area contributed by atoms with Crippen molar-refractivity contribution in [3.8, 4) is 0 Å². The van der Waals surface area contributed by atoms with Crippen molar-refractivity contribution in [3.63, 3.8) is 0 Å². The minimum atomic E-state index is -1.40. The van der Waals surface area contributed by atoms with Gasteiger partial charge in [-0.25, -0.2) is 4.39 Å². The summed E-state index contributed by atoms with van der Waals surface area (Å²) in [7, 11) is 0. The average Bonchev–Trinajstić information content (AvgIpc) is 2.36. The van der Waals surface area contributed by atoms with Crippen LogP contribution in [0.3, 0.4) is 0 Å². The zero-order valence-corrected chi connectivity index (χ0v) is 8.51. The summed E-state index contributed by atoms with van der Waals surface area (Å²) in [4.78, 5) is 0.667.